The van der Waals surface area contributed by atoms with E-state index in [2.05, 4.69) is 6.07 Å². The van der Waals surface area contributed by atoms with Crippen LogP contribution in [0.5, 0.6) is 5.75 Å². The second-order valence-electron chi connectivity index (χ2n) is 10.3. The maximum Gasteiger partial charge on any atom is 0.338 e. The van der Waals surface area contributed by atoms with Gasteiger partial charge in [0, 0.05) is 16.0 Å². The number of thioether (sulfide) groups is 1. The minimum absolute atomic E-state index is 0.187. The fraction of sp³-hybridized carbons (Fsp3) is 0.135. The van der Waals surface area contributed by atoms with Crippen LogP contribution >= 0.6 is 23.1 Å². The number of fused-ring (bicyclic) bond motifs is 1. The molecule has 0 aliphatic carbocycles. The summed E-state index contributed by atoms with van der Waals surface area (Å²) < 4.78 is 13.8. The predicted octanol–water partition coefficient (Wildman–Crippen LogP) is 6.11. The Morgan fingerprint density at radius 2 is 1.72 bits per heavy atom. The van der Waals surface area contributed by atoms with Gasteiger partial charge >= 0.3 is 5.97 Å². The van der Waals surface area contributed by atoms with Crippen molar-refractivity contribution in [2.75, 3.05) is 12.9 Å². The van der Waals surface area contributed by atoms with Gasteiger partial charge in [0.15, 0.2) is 4.80 Å². The summed E-state index contributed by atoms with van der Waals surface area (Å²) in [5, 5.41) is 9.09. The van der Waals surface area contributed by atoms with Crippen LogP contribution in [0, 0.1) is 11.3 Å². The van der Waals surface area contributed by atoms with E-state index in [-0.39, 0.29) is 12.2 Å². The maximum atomic E-state index is 14.3. The molecule has 2 heterocycles. The van der Waals surface area contributed by atoms with Crippen molar-refractivity contribution < 1.29 is 14.3 Å². The standard InChI is InChI=1S/C37H29N3O4S2/c1-3-43-36(42)32-33(26-9-5-4-6-10-26)39-37-40(34(32)27-17-19-29(45-2)20-18-27)35(41)31(46-37)21-28-11-7-8-12-30(28)44-23-25-15-13-24(22-38)14-16-25/h4-21,34H,3,23H2,1-2H3/b31-21-/t34-/m1/s1. The summed E-state index contributed by atoms with van der Waals surface area (Å²) in [6.45, 7) is 2.25. The van der Waals surface area contributed by atoms with Gasteiger partial charge in [-0.25, -0.2) is 9.79 Å². The van der Waals surface area contributed by atoms with E-state index < -0.39 is 12.0 Å². The SMILES string of the molecule is CCOC(=O)C1=C(c2ccccc2)N=c2s/c(=C\c3ccccc3OCc3ccc(C#N)cc3)c(=O)n2[C@@H]1c1ccc(SC)cc1. The van der Waals surface area contributed by atoms with Gasteiger partial charge in [0.25, 0.3) is 5.56 Å². The third-order valence-corrected chi connectivity index (χ3v) is 9.21. The first-order valence-electron chi connectivity index (χ1n) is 14.6. The molecule has 1 aromatic heterocycles. The Labute approximate surface area is 274 Å². The molecular formula is C37H29N3O4S2. The lowest BCUT2D eigenvalue weighted by atomic mass is 9.93. The highest BCUT2D eigenvalue weighted by molar-refractivity contribution is 7.98. The third kappa shape index (κ3) is 6.31. The highest BCUT2D eigenvalue weighted by atomic mass is 32.2. The number of thiazole rings is 1. The van der Waals surface area contributed by atoms with Gasteiger partial charge < -0.3 is 9.47 Å². The molecule has 1 aliphatic rings. The van der Waals surface area contributed by atoms with Crippen molar-refractivity contribution in [2.45, 2.75) is 24.5 Å². The Morgan fingerprint density at radius 3 is 2.41 bits per heavy atom. The molecule has 0 amide bonds. The predicted molar refractivity (Wildman–Crippen MR) is 181 cm³/mol. The van der Waals surface area contributed by atoms with Gasteiger partial charge in [-0.2, -0.15) is 5.26 Å². The van der Waals surface area contributed by atoms with Crippen LogP contribution in [0.25, 0.3) is 11.8 Å². The topological polar surface area (TPSA) is 93.7 Å². The number of carbonyl (C=O) groups excluding carboxylic acids is 1. The molecule has 7 nitrogen and oxygen atoms in total. The number of benzene rings is 4. The molecule has 1 aliphatic heterocycles. The molecule has 46 heavy (non-hydrogen) atoms. The van der Waals surface area contributed by atoms with E-state index in [0.29, 0.717) is 38.5 Å². The molecule has 0 saturated heterocycles. The number of para-hydroxylation sites is 1. The zero-order chi connectivity index (χ0) is 32.0. The number of esters is 1. The Kier molecular flexibility index (Phi) is 9.29. The Morgan fingerprint density at radius 1 is 1.00 bits per heavy atom. The van der Waals surface area contributed by atoms with Gasteiger partial charge in [0.1, 0.15) is 12.4 Å². The van der Waals surface area contributed by atoms with Gasteiger partial charge in [-0.3, -0.25) is 9.36 Å². The molecule has 0 spiro atoms. The molecular weight excluding hydrogens is 615 g/mol. The molecule has 4 aromatic carbocycles. The Hall–Kier alpha value is -5.17. The first-order chi connectivity index (χ1) is 22.5. The highest BCUT2D eigenvalue weighted by Gasteiger charge is 2.35. The van der Waals surface area contributed by atoms with Crippen LogP contribution in [0.3, 0.4) is 0 Å². The molecule has 228 valence electrons. The van der Waals surface area contributed by atoms with Crippen molar-refractivity contribution in [3.8, 4) is 11.8 Å². The van der Waals surface area contributed by atoms with Crippen LogP contribution in [0.4, 0.5) is 0 Å². The smallest absolute Gasteiger partial charge is 0.338 e. The number of hydrogen-bond donors (Lipinski definition) is 0. The van der Waals surface area contributed by atoms with Crippen LogP contribution in [-0.4, -0.2) is 23.4 Å². The summed E-state index contributed by atoms with van der Waals surface area (Å²) in [4.78, 5) is 34.4. The van der Waals surface area contributed by atoms with Crippen LogP contribution in [0.1, 0.15) is 40.8 Å². The largest absolute Gasteiger partial charge is 0.488 e. The number of nitrogens with zero attached hydrogens (tertiary/aromatic N) is 3. The van der Waals surface area contributed by atoms with Crippen molar-refractivity contribution >= 4 is 40.8 Å². The molecule has 1 atom stereocenters. The third-order valence-electron chi connectivity index (χ3n) is 7.49. The van der Waals surface area contributed by atoms with Crippen LogP contribution < -0.4 is 19.6 Å². The molecule has 6 rings (SSSR count). The summed E-state index contributed by atoms with van der Waals surface area (Å²) in [7, 11) is 0. The van der Waals surface area contributed by atoms with Crippen molar-refractivity contribution in [2.24, 2.45) is 4.99 Å². The molecule has 0 N–H and O–H groups in total. The van der Waals surface area contributed by atoms with E-state index in [1.54, 1.807) is 35.4 Å². The quantitative estimate of drug-likeness (QED) is 0.142. The minimum atomic E-state index is -0.744. The van der Waals surface area contributed by atoms with E-state index in [1.807, 2.05) is 103 Å². The molecule has 0 unspecified atom stereocenters. The number of hydrogen-bond acceptors (Lipinski definition) is 8. The fourth-order valence-corrected chi connectivity index (χ4v) is 6.65. The Balaban J connectivity index is 1.50. The second-order valence-corrected chi connectivity index (χ2v) is 12.2. The summed E-state index contributed by atoms with van der Waals surface area (Å²) in [5.74, 6) is 0.0963. The molecule has 0 fully saturated rings. The van der Waals surface area contributed by atoms with E-state index >= 15 is 0 Å². The van der Waals surface area contributed by atoms with E-state index in [9.17, 15) is 9.59 Å². The summed E-state index contributed by atoms with van der Waals surface area (Å²) in [6, 6.07) is 33.5. The van der Waals surface area contributed by atoms with E-state index in [4.69, 9.17) is 19.7 Å². The normalized spacial score (nSPS) is 14.3. The first kappa shape index (κ1) is 30.8. The fourth-order valence-electron chi connectivity index (χ4n) is 5.25. The highest BCUT2D eigenvalue weighted by Crippen LogP contribution is 2.35. The van der Waals surface area contributed by atoms with Crippen LogP contribution in [0.15, 0.2) is 123 Å². The van der Waals surface area contributed by atoms with Gasteiger partial charge in [0.2, 0.25) is 0 Å². The zero-order valence-electron chi connectivity index (χ0n) is 25.2. The van der Waals surface area contributed by atoms with Crippen molar-refractivity contribution in [1.29, 1.82) is 5.26 Å². The van der Waals surface area contributed by atoms with Crippen LogP contribution in [0.2, 0.25) is 0 Å². The second kappa shape index (κ2) is 13.9. The molecule has 9 heteroatoms. The number of aromatic nitrogens is 1. The van der Waals surface area contributed by atoms with Crippen molar-refractivity contribution in [3.63, 3.8) is 0 Å². The van der Waals surface area contributed by atoms with E-state index in [1.165, 1.54) is 11.3 Å². The lowest BCUT2D eigenvalue weighted by Crippen LogP contribution is -2.40. The minimum Gasteiger partial charge on any atom is -0.488 e. The van der Waals surface area contributed by atoms with Crippen molar-refractivity contribution in [3.05, 3.63) is 156 Å². The average molecular weight is 644 g/mol. The first-order valence-corrected chi connectivity index (χ1v) is 16.7. The molecule has 0 bridgehead atoms. The Bertz CT molecular complexity index is 2140. The number of ether oxygens (including phenoxy) is 2. The van der Waals surface area contributed by atoms with Gasteiger partial charge in [-0.05, 0) is 60.7 Å². The lowest BCUT2D eigenvalue weighted by molar-refractivity contribution is -0.138. The van der Waals surface area contributed by atoms with Crippen molar-refractivity contribution in [1.82, 2.24) is 4.57 Å². The van der Waals surface area contributed by atoms with Gasteiger partial charge in [-0.15, -0.1) is 11.8 Å². The van der Waals surface area contributed by atoms with Gasteiger partial charge in [0.05, 0.1) is 40.1 Å². The maximum absolute atomic E-state index is 14.3. The number of nitriles is 1. The number of rotatable bonds is 9. The molecule has 0 radical (unpaired) electrons. The van der Waals surface area contributed by atoms with Crippen LogP contribution in [-0.2, 0) is 16.1 Å². The lowest BCUT2D eigenvalue weighted by Gasteiger charge is -2.26. The monoisotopic (exact) mass is 643 g/mol. The van der Waals surface area contributed by atoms with Gasteiger partial charge in [-0.1, -0.05) is 84.1 Å². The molecule has 0 saturated carbocycles. The van der Waals surface area contributed by atoms with E-state index in [0.717, 1.165) is 27.1 Å². The zero-order valence-corrected chi connectivity index (χ0v) is 26.8. The summed E-state index contributed by atoms with van der Waals surface area (Å²) in [6.07, 6.45) is 3.81. The summed E-state index contributed by atoms with van der Waals surface area (Å²) >= 11 is 2.89. The summed E-state index contributed by atoms with van der Waals surface area (Å²) in [5.41, 5.74) is 4.30. The number of carbonyl (C=O) groups is 1. The molecule has 5 aromatic rings. The average Bonchev–Trinajstić information content (AvgIpc) is 3.41.